The van der Waals surface area contributed by atoms with Crippen LogP contribution in [0.25, 0.3) is 22.4 Å². The van der Waals surface area contributed by atoms with Crippen LogP contribution in [0.1, 0.15) is 5.56 Å². The molecular weight excluding hydrogens is 372 g/mol. The highest BCUT2D eigenvalue weighted by Gasteiger charge is 2.09. The third-order valence-corrected chi connectivity index (χ3v) is 4.47. The highest BCUT2D eigenvalue weighted by atomic mass is 16.2. The Bertz CT molecular complexity index is 1270. The number of benzene rings is 2. The van der Waals surface area contributed by atoms with Crippen molar-refractivity contribution in [3.8, 4) is 11.4 Å². The first-order chi connectivity index (χ1) is 14.0. The number of hydrogen-bond acceptors (Lipinski definition) is 6. The fraction of sp³-hybridized carbons (Fsp3) is 0.158. The first-order valence-corrected chi connectivity index (χ1v) is 8.83. The van der Waals surface area contributed by atoms with Gasteiger partial charge in [0.25, 0.3) is 5.91 Å². The SMILES string of the molecule is Cn1c(=O)n(C)c2cc(/C=N\NC(=O)Cn3nnc(-c4ccccc4)n3)ccc21. The molecule has 10 heteroatoms. The number of tetrazole rings is 1. The number of hydrazone groups is 1. The molecule has 4 aromatic rings. The van der Waals surface area contributed by atoms with Crippen LogP contribution in [-0.2, 0) is 25.4 Å². The lowest BCUT2D eigenvalue weighted by Crippen LogP contribution is -2.24. The Morgan fingerprint density at radius 1 is 1.10 bits per heavy atom. The Balaban J connectivity index is 1.40. The van der Waals surface area contributed by atoms with Gasteiger partial charge in [-0.2, -0.15) is 9.90 Å². The standard InChI is InChI=1S/C19H18N8O2/c1-25-15-9-8-13(10-16(15)26(2)19(25)29)11-20-21-17(28)12-27-23-18(22-24-27)14-6-4-3-5-7-14/h3-11H,12H2,1-2H3,(H,21,28)/b20-11-. The Labute approximate surface area is 165 Å². The number of fused-ring (bicyclic) bond motifs is 1. The van der Waals surface area contributed by atoms with Gasteiger partial charge in [-0.1, -0.05) is 36.4 Å². The van der Waals surface area contributed by atoms with Crippen molar-refractivity contribution < 1.29 is 4.79 Å². The van der Waals surface area contributed by atoms with Crippen molar-refractivity contribution in [1.29, 1.82) is 0 Å². The van der Waals surface area contributed by atoms with Crippen LogP contribution in [0.3, 0.4) is 0 Å². The van der Waals surface area contributed by atoms with Crippen LogP contribution in [0.4, 0.5) is 0 Å². The smallest absolute Gasteiger partial charge is 0.295 e. The van der Waals surface area contributed by atoms with Crippen LogP contribution >= 0.6 is 0 Å². The summed E-state index contributed by atoms with van der Waals surface area (Å²) >= 11 is 0. The predicted molar refractivity (Wildman–Crippen MR) is 107 cm³/mol. The van der Waals surface area contributed by atoms with Crippen LogP contribution in [0.15, 0.2) is 58.4 Å². The fourth-order valence-corrected chi connectivity index (χ4v) is 2.96. The molecule has 146 valence electrons. The number of nitrogens with zero attached hydrogens (tertiary/aromatic N) is 7. The molecule has 2 heterocycles. The first kappa shape index (κ1) is 18.3. The molecule has 10 nitrogen and oxygen atoms in total. The van der Waals surface area contributed by atoms with Crippen molar-refractivity contribution in [3.05, 3.63) is 64.6 Å². The Kier molecular flexibility index (Phi) is 4.73. The largest absolute Gasteiger partial charge is 0.328 e. The third-order valence-electron chi connectivity index (χ3n) is 4.47. The second-order valence-corrected chi connectivity index (χ2v) is 6.45. The Morgan fingerprint density at radius 2 is 1.86 bits per heavy atom. The van der Waals surface area contributed by atoms with Gasteiger partial charge in [-0.05, 0) is 22.9 Å². The van der Waals surface area contributed by atoms with Gasteiger partial charge in [0.2, 0.25) is 5.82 Å². The average Bonchev–Trinajstić information content (AvgIpc) is 3.28. The van der Waals surface area contributed by atoms with Crippen LogP contribution in [-0.4, -0.2) is 41.5 Å². The van der Waals surface area contributed by atoms with Gasteiger partial charge in [-0.25, -0.2) is 10.2 Å². The summed E-state index contributed by atoms with van der Waals surface area (Å²) in [4.78, 5) is 25.3. The molecular formula is C19H18N8O2. The summed E-state index contributed by atoms with van der Waals surface area (Å²) in [5.41, 5.74) is 5.52. The van der Waals surface area contributed by atoms with Crippen LogP contribution in [0, 0.1) is 0 Å². The van der Waals surface area contributed by atoms with Crippen molar-refractivity contribution in [2.24, 2.45) is 19.2 Å². The van der Waals surface area contributed by atoms with E-state index in [-0.39, 0.29) is 18.1 Å². The summed E-state index contributed by atoms with van der Waals surface area (Å²) < 4.78 is 3.14. The lowest BCUT2D eigenvalue weighted by molar-refractivity contribution is -0.122. The lowest BCUT2D eigenvalue weighted by atomic mass is 10.2. The molecule has 0 atom stereocenters. The number of rotatable bonds is 5. The van der Waals surface area contributed by atoms with E-state index < -0.39 is 0 Å². The summed E-state index contributed by atoms with van der Waals surface area (Å²) in [6.45, 7) is -0.108. The molecule has 2 aromatic heterocycles. The number of hydrogen-bond donors (Lipinski definition) is 1. The summed E-state index contributed by atoms with van der Waals surface area (Å²) in [6, 6.07) is 14.9. The van der Waals surface area contributed by atoms with Gasteiger partial charge in [0, 0.05) is 19.7 Å². The van der Waals surface area contributed by atoms with Gasteiger partial charge in [0.05, 0.1) is 17.2 Å². The summed E-state index contributed by atoms with van der Waals surface area (Å²) in [6.07, 6.45) is 1.51. The molecule has 1 N–H and O–H groups in total. The zero-order valence-electron chi connectivity index (χ0n) is 15.9. The van der Waals surface area contributed by atoms with Gasteiger partial charge in [-0.3, -0.25) is 13.9 Å². The highest BCUT2D eigenvalue weighted by molar-refractivity contribution is 5.88. The Hall–Kier alpha value is -4.08. The number of carbonyl (C=O) groups is 1. The number of nitrogens with one attached hydrogen (secondary N) is 1. The molecule has 2 aromatic carbocycles. The van der Waals surface area contributed by atoms with E-state index in [2.05, 4.69) is 25.9 Å². The van der Waals surface area contributed by atoms with Crippen molar-refractivity contribution in [1.82, 2.24) is 34.8 Å². The quantitative estimate of drug-likeness (QED) is 0.398. The molecule has 0 aliphatic heterocycles. The topological polar surface area (TPSA) is 112 Å². The second kappa shape index (κ2) is 7.50. The average molecular weight is 390 g/mol. The van der Waals surface area contributed by atoms with Gasteiger partial charge < -0.3 is 0 Å². The first-order valence-electron chi connectivity index (χ1n) is 8.83. The molecule has 0 saturated heterocycles. The number of amides is 1. The molecule has 29 heavy (non-hydrogen) atoms. The maximum Gasteiger partial charge on any atom is 0.328 e. The van der Waals surface area contributed by atoms with Gasteiger partial charge in [0.1, 0.15) is 6.54 Å². The van der Waals surface area contributed by atoms with E-state index in [0.29, 0.717) is 5.82 Å². The molecule has 0 fully saturated rings. The minimum atomic E-state index is -0.383. The minimum absolute atomic E-state index is 0.0994. The van der Waals surface area contributed by atoms with Crippen LogP contribution in [0.5, 0.6) is 0 Å². The Morgan fingerprint density at radius 3 is 2.66 bits per heavy atom. The molecule has 0 saturated carbocycles. The summed E-state index contributed by atoms with van der Waals surface area (Å²) in [7, 11) is 3.43. The predicted octanol–water partition coefficient (Wildman–Crippen LogP) is 0.681. The molecule has 0 aliphatic rings. The minimum Gasteiger partial charge on any atom is -0.295 e. The van der Waals surface area contributed by atoms with Crippen molar-refractivity contribution in [3.63, 3.8) is 0 Å². The van der Waals surface area contributed by atoms with E-state index >= 15 is 0 Å². The number of aryl methyl sites for hydroxylation is 2. The van der Waals surface area contributed by atoms with Gasteiger partial charge in [-0.15, -0.1) is 10.2 Å². The van der Waals surface area contributed by atoms with E-state index in [1.165, 1.54) is 11.0 Å². The fourth-order valence-electron chi connectivity index (χ4n) is 2.96. The van der Waals surface area contributed by atoms with Gasteiger partial charge in [0.15, 0.2) is 0 Å². The maximum atomic E-state index is 12.1. The van der Waals surface area contributed by atoms with Crippen molar-refractivity contribution >= 4 is 23.2 Å². The molecule has 0 radical (unpaired) electrons. The van der Waals surface area contributed by atoms with E-state index in [9.17, 15) is 9.59 Å². The molecule has 4 rings (SSSR count). The molecule has 1 amide bonds. The molecule has 0 unspecified atom stereocenters. The maximum absolute atomic E-state index is 12.1. The van der Waals surface area contributed by atoms with E-state index in [4.69, 9.17) is 0 Å². The lowest BCUT2D eigenvalue weighted by Gasteiger charge is -1.99. The van der Waals surface area contributed by atoms with Crippen LogP contribution < -0.4 is 11.1 Å². The number of carbonyl (C=O) groups excluding carboxylic acids is 1. The highest BCUT2D eigenvalue weighted by Crippen LogP contribution is 2.13. The van der Waals surface area contributed by atoms with Crippen molar-refractivity contribution in [2.75, 3.05) is 0 Å². The second-order valence-electron chi connectivity index (χ2n) is 6.45. The summed E-state index contributed by atoms with van der Waals surface area (Å²) in [5.74, 6) is 0.0649. The number of imidazole rings is 1. The van der Waals surface area contributed by atoms with Crippen LogP contribution in [0.2, 0.25) is 0 Å². The van der Waals surface area contributed by atoms with E-state index in [0.717, 1.165) is 22.2 Å². The number of aromatic nitrogens is 6. The monoisotopic (exact) mass is 390 g/mol. The zero-order chi connectivity index (χ0) is 20.4. The van der Waals surface area contributed by atoms with Crippen molar-refractivity contribution in [2.45, 2.75) is 6.54 Å². The third kappa shape index (κ3) is 3.68. The zero-order valence-corrected chi connectivity index (χ0v) is 15.9. The van der Waals surface area contributed by atoms with Gasteiger partial charge >= 0.3 is 5.69 Å². The van der Waals surface area contributed by atoms with E-state index in [1.807, 2.05) is 48.5 Å². The molecule has 0 spiro atoms. The molecule has 0 aliphatic carbocycles. The van der Waals surface area contributed by atoms with E-state index in [1.54, 1.807) is 23.2 Å². The summed E-state index contributed by atoms with van der Waals surface area (Å²) in [5, 5.41) is 16.0. The molecule has 0 bridgehead atoms. The normalized spacial score (nSPS) is 11.4.